The number of likely N-dealkylation sites (N-methyl/N-ethyl adjacent to an activating group) is 1. The monoisotopic (exact) mass is 387 g/mol. The van der Waals surface area contributed by atoms with E-state index in [4.69, 9.17) is 17.0 Å². The molecule has 136 valence electrons. The summed E-state index contributed by atoms with van der Waals surface area (Å²) in [6.45, 7) is 7.14. The Hall–Kier alpha value is -2.12. The summed E-state index contributed by atoms with van der Waals surface area (Å²) < 4.78 is 8.06. The summed E-state index contributed by atoms with van der Waals surface area (Å²) in [6.07, 6.45) is 1.89. The summed E-state index contributed by atoms with van der Waals surface area (Å²) in [6, 6.07) is 7.95. The second-order valence-electron chi connectivity index (χ2n) is 6.08. The van der Waals surface area contributed by atoms with Crippen LogP contribution in [0.15, 0.2) is 29.2 Å². The zero-order valence-electron chi connectivity index (χ0n) is 15.3. The molecule has 3 rings (SSSR count). The molecule has 26 heavy (non-hydrogen) atoms. The SMILES string of the molecule is CCN1C(=O)/C(=C\c2ccc(OC)c(Cn3nc(C)cc3C)c2)SC1=S. The Kier molecular flexibility index (Phi) is 5.48. The smallest absolute Gasteiger partial charge is 0.266 e. The van der Waals surface area contributed by atoms with Crippen LogP contribution in [0.2, 0.25) is 0 Å². The van der Waals surface area contributed by atoms with Gasteiger partial charge >= 0.3 is 0 Å². The van der Waals surface area contributed by atoms with Crippen molar-refractivity contribution in [3.8, 4) is 5.75 Å². The predicted octanol–water partition coefficient (Wildman–Crippen LogP) is 3.78. The lowest BCUT2D eigenvalue weighted by molar-refractivity contribution is -0.121. The second-order valence-corrected chi connectivity index (χ2v) is 7.76. The maximum Gasteiger partial charge on any atom is 0.266 e. The molecule has 0 bridgehead atoms. The van der Waals surface area contributed by atoms with E-state index in [0.717, 1.165) is 28.3 Å². The fraction of sp³-hybridized carbons (Fsp3) is 0.316. The van der Waals surface area contributed by atoms with E-state index < -0.39 is 0 Å². The number of aromatic nitrogens is 2. The van der Waals surface area contributed by atoms with Crippen molar-refractivity contribution in [1.82, 2.24) is 14.7 Å². The van der Waals surface area contributed by atoms with Crippen molar-refractivity contribution >= 4 is 40.3 Å². The van der Waals surface area contributed by atoms with Gasteiger partial charge in [-0.2, -0.15) is 5.10 Å². The quantitative estimate of drug-likeness (QED) is 0.577. The molecule has 1 fully saturated rings. The van der Waals surface area contributed by atoms with Gasteiger partial charge in [-0.25, -0.2) is 0 Å². The molecule has 1 amide bonds. The molecule has 0 unspecified atom stereocenters. The summed E-state index contributed by atoms with van der Waals surface area (Å²) >= 11 is 6.62. The topological polar surface area (TPSA) is 47.4 Å². The lowest BCUT2D eigenvalue weighted by atomic mass is 10.1. The summed E-state index contributed by atoms with van der Waals surface area (Å²) in [7, 11) is 1.66. The Morgan fingerprint density at radius 3 is 2.65 bits per heavy atom. The zero-order chi connectivity index (χ0) is 18.8. The first kappa shape index (κ1) is 18.7. The molecule has 0 N–H and O–H groups in total. The molecule has 5 nitrogen and oxygen atoms in total. The number of amides is 1. The van der Waals surface area contributed by atoms with Gasteiger partial charge in [-0.15, -0.1) is 0 Å². The fourth-order valence-corrected chi connectivity index (χ4v) is 4.32. The number of aryl methyl sites for hydroxylation is 2. The molecular weight excluding hydrogens is 366 g/mol. The van der Waals surface area contributed by atoms with Crippen molar-refractivity contribution in [2.24, 2.45) is 0 Å². The zero-order valence-corrected chi connectivity index (χ0v) is 16.9. The van der Waals surface area contributed by atoms with E-state index in [9.17, 15) is 4.79 Å². The first-order chi connectivity index (χ1) is 12.4. The number of methoxy groups -OCH3 is 1. The molecule has 0 saturated carbocycles. The largest absolute Gasteiger partial charge is 0.496 e. The standard InChI is InChI=1S/C19H21N3O2S2/c1-5-21-18(23)17(26-19(21)25)10-14-6-7-16(24-4)15(9-14)11-22-13(3)8-12(2)20-22/h6-10H,5,11H2,1-4H3/b17-10+. The molecule has 0 spiro atoms. The third kappa shape index (κ3) is 3.68. The normalized spacial score (nSPS) is 16.0. The van der Waals surface area contributed by atoms with Crippen molar-refractivity contribution < 1.29 is 9.53 Å². The van der Waals surface area contributed by atoms with Gasteiger partial charge in [0.1, 0.15) is 10.1 Å². The summed E-state index contributed by atoms with van der Waals surface area (Å²) in [5.41, 5.74) is 4.04. The minimum Gasteiger partial charge on any atom is -0.496 e. The summed E-state index contributed by atoms with van der Waals surface area (Å²) in [5.74, 6) is 0.772. The molecule has 2 aromatic rings. The Bertz CT molecular complexity index is 902. The number of rotatable bonds is 5. The van der Waals surface area contributed by atoms with E-state index in [2.05, 4.69) is 5.10 Å². The Morgan fingerprint density at radius 1 is 1.31 bits per heavy atom. The number of nitrogens with zero attached hydrogens (tertiary/aromatic N) is 3. The predicted molar refractivity (Wildman–Crippen MR) is 109 cm³/mol. The van der Waals surface area contributed by atoms with Gasteiger partial charge in [0.25, 0.3) is 5.91 Å². The van der Waals surface area contributed by atoms with Gasteiger partial charge in [0.05, 0.1) is 24.3 Å². The molecular formula is C19H21N3O2S2. The lowest BCUT2D eigenvalue weighted by Crippen LogP contribution is -2.27. The highest BCUT2D eigenvalue weighted by Gasteiger charge is 2.30. The van der Waals surface area contributed by atoms with Crippen LogP contribution in [0.5, 0.6) is 5.75 Å². The first-order valence-corrected chi connectivity index (χ1v) is 9.58. The maximum absolute atomic E-state index is 12.4. The number of hydrogen-bond donors (Lipinski definition) is 0. The minimum absolute atomic E-state index is 0.0292. The molecule has 1 aliphatic rings. The van der Waals surface area contributed by atoms with Gasteiger partial charge in [0.15, 0.2) is 0 Å². The van der Waals surface area contributed by atoms with Gasteiger partial charge < -0.3 is 4.74 Å². The highest BCUT2D eigenvalue weighted by Crippen LogP contribution is 2.33. The molecule has 1 aliphatic heterocycles. The molecule has 1 aromatic carbocycles. The Labute approximate surface area is 163 Å². The molecule has 7 heteroatoms. The van der Waals surface area contributed by atoms with E-state index in [1.807, 2.05) is 55.8 Å². The third-order valence-corrected chi connectivity index (χ3v) is 5.59. The van der Waals surface area contributed by atoms with Gasteiger partial charge in [-0.05, 0) is 50.6 Å². The number of hydrogen-bond acceptors (Lipinski definition) is 5. The molecule has 0 aliphatic carbocycles. The lowest BCUT2D eigenvalue weighted by Gasteiger charge is -2.11. The Balaban J connectivity index is 1.93. The van der Waals surface area contributed by atoms with E-state index in [1.54, 1.807) is 12.0 Å². The molecule has 1 saturated heterocycles. The highest BCUT2D eigenvalue weighted by atomic mass is 32.2. The number of thioether (sulfide) groups is 1. The van der Waals surface area contributed by atoms with Gasteiger partial charge in [-0.1, -0.05) is 30.0 Å². The number of carbonyl (C=O) groups excluding carboxylic acids is 1. The van der Waals surface area contributed by atoms with Crippen LogP contribution in [0, 0.1) is 13.8 Å². The van der Waals surface area contributed by atoms with Crippen LogP contribution >= 0.6 is 24.0 Å². The summed E-state index contributed by atoms with van der Waals surface area (Å²) in [4.78, 5) is 14.7. The molecule has 0 atom stereocenters. The van der Waals surface area contributed by atoms with Crippen molar-refractivity contribution in [2.45, 2.75) is 27.3 Å². The average Bonchev–Trinajstić information content (AvgIpc) is 3.05. The van der Waals surface area contributed by atoms with Crippen molar-refractivity contribution in [1.29, 1.82) is 0 Å². The van der Waals surface area contributed by atoms with Crippen molar-refractivity contribution in [3.63, 3.8) is 0 Å². The third-order valence-electron chi connectivity index (χ3n) is 4.22. The van der Waals surface area contributed by atoms with E-state index in [-0.39, 0.29) is 5.91 Å². The number of ether oxygens (including phenoxy) is 1. The molecule has 2 heterocycles. The van der Waals surface area contributed by atoms with Crippen molar-refractivity contribution in [3.05, 3.63) is 51.7 Å². The van der Waals surface area contributed by atoms with Crippen LogP contribution in [-0.2, 0) is 11.3 Å². The molecule has 1 aromatic heterocycles. The van der Waals surface area contributed by atoms with E-state index in [1.165, 1.54) is 11.8 Å². The molecule has 0 radical (unpaired) electrons. The van der Waals surface area contributed by atoms with Crippen LogP contribution in [0.4, 0.5) is 0 Å². The van der Waals surface area contributed by atoms with Gasteiger partial charge in [0, 0.05) is 17.8 Å². The summed E-state index contributed by atoms with van der Waals surface area (Å²) in [5, 5.41) is 4.52. The minimum atomic E-state index is -0.0292. The Morgan fingerprint density at radius 2 is 2.08 bits per heavy atom. The van der Waals surface area contributed by atoms with E-state index >= 15 is 0 Å². The number of benzene rings is 1. The number of carbonyl (C=O) groups is 1. The van der Waals surface area contributed by atoms with Crippen LogP contribution < -0.4 is 4.74 Å². The van der Waals surface area contributed by atoms with Crippen LogP contribution in [0.1, 0.15) is 29.4 Å². The van der Waals surface area contributed by atoms with Gasteiger partial charge in [-0.3, -0.25) is 14.4 Å². The van der Waals surface area contributed by atoms with E-state index in [0.29, 0.717) is 22.3 Å². The van der Waals surface area contributed by atoms with Crippen LogP contribution in [0.3, 0.4) is 0 Å². The van der Waals surface area contributed by atoms with Crippen LogP contribution in [-0.4, -0.2) is 38.6 Å². The maximum atomic E-state index is 12.4. The average molecular weight is 388 g/mol. The van der Waals surface area contributed by atoms with Crippen LogP contribution in [0.25, 0.3) is 6.08 Å². The second kappa shape index (κ2) is 7.63. The number of thiocarbonyl (C=S) groups is 1. The van der Waals surface area contributed by atoms with Crippen molar-refractivity contribution in [2.75, 3.05) is 13.7 Å². The fourth-order valence-electron chi connectivity index (χ4n) is 2.93. The first-order valence-electron chi connectivity index (χ1n) is 8.36. The van der Waals surface area contributed by atoms with Gasteiger partial charge in [0.2, 0.25) is 0 Å². The highest BCUT2D eigenvalue weighted by molar-refractivity contribution is 8.26.